The van der Waals surface area contributed by atoms with E-state index in [4.69, 9.17) is 21.1 Å². The van der Waals surface area contributed by atoms with Crippen LogP contribution >= 0.6 is 46.0 Å². The van der Waals surface area contributed by atoms with E-state index < -0.39 is 4.92 Å². The molecule has 0 atom stereocenters. The lowest BCUT2D eigenvalue weighted by atomic mass is 10.1. The zero-order valence-corrected chi connectivity index (χ0v) is 23.2. The molecule has 3 aromatic rings. The summed E-state index contributed by atoms with van der Waals surface area (Å²) in [5.74, 6) is 0.615. The quantitative estimate of drug-likeness (QED) is 0.106. The average molecular weight is 651 g/mol. The maximum atomic E-state index is 13.0. The number of non-ortho nitro benzene ring substituents is 1. The Balaban J connectivity index is 1.54. The van der Waals surface area contributed by atoms with Crippen LogP contribution in [0, 0.1) is 13.7 Å². The van der Waals surface area contributed by atoms with Crippen molar-refractivity contribution in [2.24, 2.45) is 0 Å². The highest BCUT2D eigenvalue weighted by Crippen LogP contribution is 2.38. The zero-order valence-electron chi connectivity index (χ0n) is 19.5. The van der Waals surface area contributed by atoms with Crippen LogP contribution < -0.4 is 9.47 Å². The van der Waals surface area contributed by atoms with Crippen LogP contribution in [0.1, 0.15) is 23.6 Å². The summed E-state index contributed by atoms with van der Waals surface area (Å²) in [5.41, 5.74) is 2.14. The third kappa shape index (κ3) is 6.43. The van der Waals surface area contributed by atoms with Crippen molar-refractivity contribution in [2.75, 3.05) is 6.61 Å². The van der Waals surface area contributed by atoms with E-state index in [0.29, 0.717) is 39.2 Å². The first-order valence-electron chi connectivity index (χ1n) is 11.1. The summed E-state index contributed by atoms with van der Waals surface area (Å²) in [6.45, 7) is 2.52. The number of hydrogen-bond acceptors (Lipinski definition) is 7. The molecule has 4 rings (SSSR count). The molecule has 0 N–H and O–H groups in total. The Morgan fingerprint density at radius 3 is 2.51 bits per heavy atom. The lowest BCUT2D eigenvalue weighted by molar-refractivity contribution is -0.384. The van der Waals surface area contributed by atoms with E-state index in [9.17, 15) is 19.7 Å². The maximum Gasteiger partial charge on any atom is 0.293 e. The number of ether oxygens (including phenoxy) is 2. The number of carbonyl (C=O) groups excluding carboxylic acids is 2. The molecule has 1 fully saturated rings. The second-order valence-corrected chi connectivity index (χ2v) is 10.4. The normalized spacial score (nSPS) is 14.4. The van der Waals surface area contributed by atoms with Gasteiger partial charge in [-0.05, 0) is 94.4 Å². The third-order valence-corrected chi connectivity index (χ3v) is 7.40. The largest absolute Gasteiger partial charge is 0.490 e. The Morgan fingerprint density at radius 1 is 1.11 bits per heavy atom. The van der Waals surface area contributed by atoms with Crippen LogP contribution in [0.5, 0.6) is 11.5 Å². The molecule has 3 aromatic carbocycles. The van der Waals surface area contributed by atoms with E-state index in [1.54, 1.807) is 48.5 Å². The van der Waals surface area contributed by atoms with Crippen LogP contribution in [0.15, 0.2) is 65.6 Å². The summed E-state index contributed by atoms with van der Waals surface area (Å²) in [4.78, 5) is 37.5. The number of nitrogens with zero attached hydrogens (tertiary/aromatic N) is 2. The van der Waals surface area contributed by atoms with Gasteiger partial charge in [-0.25, -0.2) is 0 Å². The number of carbonyl (C=O) groups is 2. The Kier molecular flexibility index (Phi) is 8.72. The minimum absolute atomic E-state index is 0.00830. The lowest BCUT2D eigenvalue weighted by Gasteiger charge is -2.15. The van der Waals surface area contributed by atoms with Crippen molar-refractivity contribution in [1.29, 1.82) is 0 Å². The van der Waals surface area contributed by atoms with Gasteiger partial charge in [-0.1, -0.05) is 29.8 Å². The molecule has 0 bridgehead atoms. The topological polar surface area (TPSA) is 99.0 Å². The van der Waals surface area contributed by atoms with Crippen molar-refractivity contribution in [2.45, 2.75) is 20.1 Å². The Morgan fingerprint density at radius 2 is 1.84 bits per heavy atom. The van der Waals surface area contributed by atoms with Crippen molar-refractivity contribution in [3.05, 3.63) is 101 Å². The number of imide groups is 1. The van der Waals surface area contributed by atoms with Gasteiger partial charge in [0.15, 0.2) is 11.5 Å². The third-order valence-electron chi connectivity index (χ3n) is 5.32. The molecule has 0 radical (unpaired) electrons. The summed E-state index contributed by atoms with van der Waals surface area (Å²) < 4.78 is 12.5. The number of benzene rings is 3. The summed E-state index contributed by atoms with van der Waals surface area (Å²) in [6, 6.07) is 16.8. The van der Waals surface area contributed by atoms with Gasteiger partial charge >= 0.3 is 0 Å². The summed E-state index contributed by atoms with van der Waals surface area (Å²) in [7, 11) is 0. The summed E-state index contributed by atoms with van der Waals surface area (Å²) in [6.07, 6.45) is 1.66. The average Bonchev–Trinajstić information content (AvgIpc) is 3.12. The number of nitro groups is 1. The highest BCUT2D eigenvalue weighted by atomic mass is 127. The van der Waals surface area contributed by atoms with E-state index in [0.717, 1.165) is 20.9 Å². The van der Waals surface area contributed by atoms with Gasteiger partial charge in [-0.2, -0.15) is 0 Å². The molecule has 1 saturated heterocycles. The fraction of sp³-hybridized carbons (Fsp3) is 0.154. The highest BCUT2D eigenvalue weighted by molar-refractivity contribution is 14.1. The molecule has 8 nitrogen and oxygen atoms in total. The number of halogens is 2. The molecule has 11 heteroatoms. The predicted octanol–water partition coefficient (Wildman–Crippen LogP) is 7.07. The van der Waals surface area contributed by atoms with E-state index in [2.05, 4.69) is 22.6 Å². The first-order chi connectivity index (χ1) is 17.8. The molecule has 1 aliphatic rings. The number of nitro benzene ring substituents is 1. The molecule has 1 heterocycles. The number of thioether (sulfide) groups is 1. The smallest absolute Gasteiger partial charge is 0.293 e. The molecule has 0 spiro atoms. The fourth-order valence-electron chi connectivity index (χ4n) is 3.53. The summed E-state index contributed by atoms with van der Waals surface area (Å²) >= 11 is 9.20. The van der Waals surface area contributed by atoms with Gasteiger partial charge in [0.1, 0.15) is 6.61 Å². The predicted molar refractivity (Wildman–Crippen MR) is 151 cm³/mol. The molecule has 0 saturated carbocycles. The van der Waals surface area contributed by atoms with Gasteiger partial charge in [0.2, 0.25) is 0 Å². The van der Waals surface area contributed by atoms with E-state index in [1.807, 2.05) is 13.0 Å². The Hall–Kier alpha value is -3.09. The molecule has 2 amide bonds. The second kappa shape index (κ2) is 12.0. The van der Waals surface area contributed by atoms with Crippen LogP contribution in [0.4, 0.5) is 10.5 Å². The number of hydrogen-bond donors (Lipinski definition) is 0. The summed E-state index contributed by atoms with van der Waals surface area (Å²) in [5, 5.41) is 11.0. The second-order valence-electron chi connectivity index (χ2n) is 7.83. The van der Waals surface area contributed by atoms with E-state index in [1.165, 1.54) is 17.0 Å². The van der Waals surface area contributed by atoms with Crippen molar-refractivity contribution >= 4 is 68.9 Å². The minimum Gasteiger partial charge on any atom is -0.490 e. The van der Waals surface area contributed by atoms with E-state index >= 15 is 0 Å². The van der Waals surface area contributed by atoms with Gasteiger partial charge in [0, 0.05) is 17.2 Å². The molecule has 190 valence electrons. The lowest BCUT2D eigenvalue weighted by Crippen LogP contribution is -2.27. The van der Waals surface area contributed by atoms with Gasteiger partial charge < -0.3 is 9.47 Å². The molecule has 1 aliphatic heterocycles. The van der Waals surface area contributed by atoms with Gasteiger partial charge in [-0.15, -0.1) is 0 Å². The van der Waals surface area contributed by atoms with Crippen LogP contribution in [0.25, 0.3) is 6.08 Å². The molecule has 0 aromatic heterocycles. The van der Waals surface area contributed by atoms with Crippen LogP contribution in [-0.2, 0) is 17.9 Å². The first kappa shape index (κ1) is 27.0. The van der Waals surface area contributed by atoms with Crippen molar-refractivity contribution < 1.29 is 24.0 Å². The molecular weight excluding hydrogens is 631 g/mol. The standard InChI is InChI=1S/C26H20ClIN2O6S/c1-2-35-22-12-17(11-21(28)24(22)36-15-16-7-9-19(10-8-16)30(33)34)13-23-25(31)29(26(32)37-23)14-18-5-3-4-6-20(18)27/h3-13H,2,14-15H2,1H3/b23-13+. The van der Waals surface area contributed by atoms with Crippen LogP contribution in [-0.4, -0.2) is 27.6 Å². The SMILES string of the molecule is CCOc1cc(/C=C2/SC(=O)N(Cc3ccccc3Cl)C2=O)cc(I)c1OCc1ccc([N+](=O)[O-])cc1. The van der Waals surface area contributed by atoms with Crippen LogP contribution in [0.3, 0.4) is 0 Å². The number of amides is 2. The molecule has 0 aliphatic carbocycles. The van der Waals surface area contributed by atoms with Gasteiger partial charge in [0.05, 0.1) is 26.6 Å². The number of rotatable bonds is 9. The fourth-order valence-corrected chi connectivity index (χ4v) is 5.34. The molecule has 0 unspecified atom stereocenters. The first-order valence-corrected chi connectivity index (χ1v) is 13.4. The van der Waals surface area contributed by atoms with E-state index in [-0.39, 0.29) is 30.0 Å². The van der Waals surface area contributed by atoms with Gasteiger partial charge in [0.25, 0.3) is 16.8 Å². The van der Waals surface area contributed by atoms with Crippen molar-refractivity contribution in [3.63, 3.8) is 0 Å². The maximum absolute atomic E-state index is 13.0. The van der Waals surface area contributed by atoms with Crippen molar-refractivity contribution in [3.8, 4) is 11.5 Å². The highest BCUT2D eigenvalue weighted by Gasteiger charge is 2.35. The monoisotopic (exact) mass is 650 g/mol. The van der Waals surface area contributed by atoms with Crippen LogP contribution in [0.2, 0.25) is 5.02 Å². The van der Waals surface area contributed by atoms with Crippen molar-refractivity contribution in [1.82, 2.24) is 4.90 Å². The molecule has 37 heavy (non-hydrogen) atoms. The Labute approximate surface area is 235 Å². The Bertz CT molecular complexity index is 1400. The minimum atomic E-state index is -0.453. The zero-order chi connectivity index (χ0) is 26.5. The van der Waals surface area contributed by atoms with Gasteiger partial charge in [-0.3, -0.25) is 24.6 Å². The molecular formula is C26H20ClIN2O6S.